The standard InChI is InChI=1S/C13H10BrF3N2/c1-8-6-7-18-12(11(8)14)19-10-4-2-9(3-5-10)13(15,16)17/h2-7H,1H3,(H,18,19). The molecule has 2 nitrogen and oxygen atoms in total. The number of halogens is 4. The van der Waals surface area contributed by atoms with Crippen molar-refractivity contribution in [3.63, 3.8) is 0 Å². The molecule has 0 amide bonds. The van der Waals surface area contributed by atoms with Crippen molar-refractivity contribution >= 4 is 27.4 Å². The van der Waals surface area contributed by atoms with Crippen molar-refractivity contribution in [2.24, 2.45) is 0 Å². The lowest BCUT2D eigenvalue weighted by molar-refractivity contribution is -0.137. The predicted octanol–water partition coefficient (Wildman–Crippen LogP) is 4.91. The summed E-state index contributed by atoms with van der Waals surface area (Å²) in [4.78, 5) is 4.13. The summed E-state index contributed by atoms with van der Waals surface area (Å²) < 4.78 is 38.1. The predicted molar refractivity (Wildman–Crippen MR) is 71.4 cm³/mol. The highest BCUT2D eigenvalue weighted by atomic mass is 79.9. The van der Waals surface area contributed by atoms with Crippen LogP contribution in [0.25, 0.3) is 0 Å². The number of rotatable bonds is 2. The fourth-order valence-electron chi connectivity index (χ4n) is 1.51. The minimum atomic E-state index is -4.32. The van der Waals surface area contributed by atoms with E-state index in [2.05, 4.69) is 26.2 Å². The van der Waals surface area contributed by atoms with Gasteiger partial charge in [0.15, 0.2) is 0 Å². The molecule has 0 unspecified atom stereocenters. The van der Waals surface area contributed by atoms with Crippen molar-refractivity contribution in [2.45, 2.75) is 13.1 Å². The first-order chi connectivity index (χ1) is 8.88. The maximum atomic E-state index is 12.4. The number of aromatic nitrogens is 1. The highest BCUT2D eigenvalue weighted by Crippen LogP contribution is 2.31. The van der Waals surface area contributed by atoms with Gasteiger partial charge >= 0.3 is 6.18 Å². The zero-order valence-corrected chi connectivity index (χ0v) is 11.5. The largest absolute Gasteiger partial charge is 0.416 e. The van der Waals surface area contributed by atoms with Gasteiger partial charge in [-0.25, -0.2) is 4.98 Å². The Bertz CT molecular complexity index is 579. The first-order valence-corrected chi connectivity index (χ1v) is 6.22. The highest BCUT2D eigenvalue weighted by molar-refractivity contribution is 9.10. The van der Waals surface area contributed by atoms with E-state index in [-0.39, 0.29) is 0 Å². The molecule has 0 saturated carbocycles. The Balaban J connectivity index is 2.23. The Morgan fingerprint density at radius 2 is 1.74 bits per heavy atom. The lowest BCUT2D eigenvalue weighted by atomic mass is 10.2. The Hall–Kier alpha value is -1.56. The van der Waals surface area contributed by atoms with E-state index in [1.807, 2.05) is 13.0 Å². The molecule has 6 heteroatoms. The fraction of sp³-hybridized carbons (Fsp3) is 0.154. The summed E-state index contributed by atoms with van der Waals surface area (Å²) in [5.41, 5.74) is 0.866. The first kappa shape index (κ1) is 13.9. The number of alkyl halides is 3. The van der Waals surface area contributed by atoms with Gasteiger partial charge in [0.2, 0.25) is 0 Å². The fourth-order valence-corrected chi connectivity index (χ4v) is 1.84. The summed E-state index contributed by atoms with van der Waals surface area (Å²) in [6.45, 7) is 1.91. The van der Waals surface area contributed by atoms with Crippen molar-refractivity contribution in [2.75, 3.05) is 5.32 Å². The molecule has 19 heavy (non-hydrogen) atoms. The minimum Gasteiger partial charge on any atom is -0.339 e. The van der Waals surface area contributed by atoms with E-state index in [1.54, 1.807) is 6.20 Å². The summed E-state index contributed by atoms with van der Waals surface area (Å²) in [5, 5.41) is 2.97. The topological polar surface area (TPSA) is 24.9 Å². The molecule has 0 aliphatic heterocycles. The van der Waals surface area contributed by atoms with Gasteiger partial charge in [0.25, 0.3) is 0 Å². The van der Waals surface area contributed by atoms with Gasteiger partial charge in [-0.05, 0) is 58.7 Å². The van der Waals surface area contributed by atoms with E-state index in [9.17, 15) is 13.2 Å². The molecule has 1 heterocycles. The molecule has 1 aromatic heterocycles. The van der Waals surface area contributed by atoms with Gasteiger partial charge in [0.1, 0.15) is 5.82 Å². The van der Waals surface area contributed by atoms with Crippen LogP contribution >= 0.6 is 15.9 Å². The number of nitrogens with zero attached hydrogens (tertiary/aromatic N) is 1. The summed E-state index contributed by atoms with van der Waals surface area (Å²) in [5.74, 6) is 0.569. The van der Waals surface area contributed by atoms with E-state index in [1.165, 1.54) is 12.1 Å². The molecular weight excluding hydrogens is 321 g/mol. The summed E-state index contributed by atoms with van der Waals surface area (Å²) in [6, 6.07) is 6.65. The second kappa shape index (κ2) is 5.21. The van der Waals surface area contributed by atoms with Gasteiger partial charge in [-0.1, -0.05) is 0 Å². The number of hydrogen-bond donors (Lipinski definition) is 1. The average molecular weight is 331 g/mol. The van der Waals surface area contributed by atoms with E-state index >= 15 is 0 Å². The number of anilines is 2. The number of hydrogen-bond acceptors (Lipinski definition) is 2. The van der Waals surface area contributed by atoms with Gasteiger partial charge in [-0.3, -0.25) is 0 Å². The monoisotopic (exact) mass is 330 g/mol. The van der Waals surface area contributed by atoms with E-state index in [0.29, 0.717) is 11.5 Å². The molecule has 0 aliphatic rings. The number of nitrogens with one attached hydrogen (secondary N) is 1. The molecule has 0 atom stereocenters. The van der Waals surface area contributed by atoms with Crippen LogP contribution in [0.1, 0.15) is 11.1 Å². The molecule has 0 fully saturated rings. The molecule has 2 rings (SSSR count). The van der Waals surface area contributed by atoms with E-state index in [0.717, 1.165) is 22.2 Å². The van der Waals surface area contributed by atoms with Gasteiger partial charge in [-0.2, -0.15) is 13.2 Å². The van der Waals surface area contributed by atoms with Crippen LogP contribution in [0.15, 0.2) is 41.0 Å². The summed E-state index contributed by atoms with van der Waals surface area (Å²) >= 11 is 3.38. The van der Waals surface area contributed by atoms with Crippen molar-refractivity contribution in [3.05, 3.63) is 52.1 Å². The van der Waals surface area contributed by atoms with E-state index in [4.69, 9.17) is 0 Å². The van der Waals surface area contributed by atoms with Crippen LogP contribution in [0, 0.1) is 6.92 Å². The van der Waals surface area contributed by atoms with Crippen LogP contribution < -0.4 is 5.32 Å². The summed E-state index contributed by atoms with van der Waals surface area (Å²) in [7, 11) is 0. The van der Waals surface area contributed by atoms with Crippen LogP contribution in [0.2, 0.25) is 0 Å². The van der Waals surface area contributed by atoms with Gasteiger partial charge < -0.3 is 5.32 Å². The molecule has 0 radical (unpaired) electrons. The third-order valence-corrected chi connectivity index (χ3v) is 3.56. The number of pyridine rings is 1. The van der Waals surface area contributed by atoms with Crippen LogP contribution in [-0.4, -0.2) is 4.98 Å². The number of aryl methyl sites for hydroxylation is 1. The molecule has 100 valence electrons. The van der Waals surface area contributed by atoms with Gasteiger partial charge in [-0.15, -0.1) is 0 Å². The maximum Gasteiger partial charge on any atom is 0.416 e. The molecular formula is C13H10BrF3N2. The van der Waals surface area contributed by atoms with E-state index < -0.39 is 11.7 Å². The van der Waals surface area contributed by atoms with Crippen LogP contribution in [-0.2, 0) is 6.18 Å². The zero-order valence-electron chi connectivity index (χ0n) is 9.92. The highest BCUT2D eigenvalue weighted by Gasteiger charge is 2.29. The Morgan fingerprint density at radius 3 is 2.32 bits per heavy atom. The molecule has 2 aromatic rings. The van der Waals surface area contributed by atoms with Crippen LogP contribution in [0.3, 0.4) is 0 Å². The van der Waals surface area contributed by atoms with Crippen molar-refractivity contribution in [1.29, 1.82) is 0 Å². The number of benzene rings is 1. The van der Waals surface area contributed by atoms with Crippen molar-refractivity contribution in [1.82, 2.24) is 4.98 Å². The van der Waals surface area contributed by atoms with Gasteiger partial charge in [0.05, 0.1) is 10.0 Å². The molecule has 1 aromatic carbocycles. The first-order valence-electron chi connectivity index (χ1n) is 5.43. The minimum absolute atomic E-state index is 0.548. The SMILES string of the molecule is Cc1ccnc(Nc2ccc(C(F)(F)F)cc2)c1Br. The van der Waals surface area contributed by atoms with Crippen LogP contribution in [0.5, 0.6) is 0 Å². The van der Waals surface area contributed by atoms with Gasteiger partial charge in [0, 0.05) is 11.9 Å². The molecule has 0 bridgehead atoms. The van der Waals surface area contributed by atoms with Crippen LogP contribution in [0.4, 0.5) is 24.7 Å². The zero-order chi connectivity index (χ0) is 14.0. The molecule has 0 spiro atoms. The Labute approximate surface area is 116 Å². The van der Waals surface area contributed by atoms with Crippen molar-refractivity contribution < 1.29 is 13.2 Å². The molecule has 0 saturated heterocycles. The Morgan fingerprint density at radius 1 is 1.11 bits per heavy atom. The Kier molecular flexibility index (Phi) is 3.80. The molecule has 1 N–H and O–H groups in total. The third-order valence-electron chi connectivity index (χ3n) is 2.56. The lowest BCUT2D eigenvalue weighted by Crippen LogP contribution is -2.04. The average Bonchev–Trinajstić information content (AvgIpc) is 2.35. The maximum absolute atomic E-state index is 12.4. The summed E-state index contributed by atoms with van der Waals surface area (Å²) in [6.07, 6.45) is -2.69. The third kappa shape index (κ3) is 3.26. The molecule has 0 aliphatic carbocycles. The lowest BCUT2D eigenvalue weighted by Gasteiger charge is -2.11. The second-order valence-electron chi connectivity index (χ2n) is 3.99. The quantitative estimate of drug-likeness (QED) is 0.845. The second-order valence-corrected chi connectivity index (χ2v) is 4.78. The smallest absolute Gasteiger partial charge is 0.339 e. The van der Waals surface area contributed by atoms with Crippen molar-refractivity contribution in [3.8, 4) is 0 Å². The normalized spacial score (nSPS) is 11.4.